The molecule has 4 nitrogen and oxygen atoms in total. The van der Waals surface area contributed by atoms with Gasteiger partial charge in [-0.3, -0.25) is 0 Å². The zero-order valence-electron chi connectivity index (χ0n) is 14.2. The number of aliphatic hydroxyl groups is 1. The summed E-state index contributed by atoms with van der Waals surface area (Å²) >= 11 is 12.0. The monoisotopic (exact) mass is 422 g/mol. The lowest BCUT2D eigenvalue weighted by Crippen LogP contribution is -2.32. The van der Waals surface area contributed by atoms with Crippen LogP contribution in [0.2, 0.25) is 5.02 Å². The second kappa shape index (κ2) is 8.37. The van der Waals surface area contributed by atoms with Gasteiger partial charge in [0.25, 0.3) is 0 Å². The molecular weight excluding hydrogens is 406 g/mol. The molecule has 0 unspecified atom stereocenters. The van der Waals surface area contributed by atoms with Crippen molar-refractivity contribution in [1.82, 2.24) is 0 Å². The second-order valence-electron chi connectivity index (χ2n) is 5.76. The molecule has 0 aromatic heterocycles. The van der Waals surface area contributed by atoms with Crippen molar-refractivity contribution >= 4 is 30.8 Å². The normalized spacial score (nSPS) is 13.6. The van der Waals surface area contributed by atoms with E-state index in [1.165, 1.54) is 0 Å². The topological polar surface area (TPSA) is 55.8 Å². The fourth-order valence-electron chi connectivity index (χ4n) is 2.44. The van der Waals surface area contributed by atoms with Crippen molar-refractivity contribution in [3.63, 3.8) is 0 Å². The molecule has 1 atom stereocenters. The summed E-state index contributed by atoms with van der Waals surface area (Å²) in [4.78, 5) is 0. The van der Waals surface area contributed by atoms with Gasteiger partial charge in [-0.15, -0.1) is 11.6 Å². The molecule has 3 aromatic rings. The maximum absolute atomic E-state index is 13.9. The molecule has 7 heteroatoms. The SMILES string of the molecule is O=P(Oc1ccccc1)(Oc1ccccc1)[C@](O)(CCl)c1ccc(Cl)cc1. The van der Waals surface area contributed by atoms with Gasteiger partial charge >= 0.3 is 7.60 Å². The van der Waals surface area contributed by atoms with Crippen molar-refractivity contribution in [2.45, 2.75) is 5.34 Å². The second-order valence-corrected chi connectivity index (χ2v) is 8.57. The number of rotatable bonds is 7. The maximum atomic E-state index is 13.9. The van der Waals surface area contributed by atoms with E-state index in [4.69, 9.17) is 32.2 Å². The van der Waals surface area contributed by atoms with Gasteiger partial charge in [-0.05, 0) is 42.0 Å². The van der Waals surface area contributed by atoms with Crippen LogP contribution in [0, 0.1) is 0 Å². The van der Waals surface area contributed by atoms with Crippen LogP contribution in [0.25, 0.3) is 0 Å². The Hall–Kier alpha value is -1.97. The first-order chi connectivity index (χ1) is 13.0. The van der Waals surface area contributed by atoms with Crippen molar-refractivity contribution in [2.24, 2.45) is 0 Å². The predicted molar refractivity (Wildman–Crippen MR) is 108 cm³/mol. The minimum atomic E-state index is -4.24. The summed E-state index contributed by atoms with van der Waals surface area (Å²) in [6.07, 6.45) is 0. The molecule has 3 aromatic carbocycles. The van der Waals surface area contributed by atoms with Crippen LogP contribution in [-0.4, -0.2) is 11.0 Å². The van der Waals surface area contributed by atoms with Crippen LogP contribution in [0.5, 0.6) is 11.5 Å². The molecule has 0 saturated heterocycles. The molecule has 0 spiro atoms. The van der Waals surface area contributed by atoms with E-state index in [1.54, 1.807) is 84.9 Å². The van der Waals surface area contributed by atoms with Crippen LogP contribution in [0.1, 0.15) is 5.56 Å². The lowest BCUT2D eigenvalue weighted by molar-refractivity contribution is 0.116. The summed E-state index contributed by atoms with van der Waals surface area (Å²) in [5, 5.41) is 9.71. The number of halogens is 2. The fraction of sp³-hybridized carbons (Fsp3) is 0.100. The van der Waals surface area contributed by atoms with Crippen LogP contribution in [-0.2, 0) is 9.91 Å². The van der Waals surface area contributed by atoms with Crippen LogP contribution < -0.4 is 9.05 Å². The quantitative estimate of drug-likeness (QED) is 0.370. The summed E-state index contributed by atoms with van der Waals surface area (Å²) in [6, 6.07) is 23.2. The molecule has 0 amide bonds. The Labute approximate surface area is 167 Å². The van der Waals surface area contributed by atoms with E-state index in [9.17, 15) is 9.67 Å². The third-order valence-electron chi connectivity index (χ3n) is 3.88. The third-order valence-corrected chi connectivity index (χ3v) is 6.93. The summed E-state index contributed by atoms with van der Waals surface area (Å²) in [5.41, 5.74) is 0.275. The predicted octanol–water partition coefficient (Wildman–Crippen LogP) is 6.08. The van der Waals surface area contributed by atoms with Gasteiger partial charge in [0.15, 0.2) is 0 Å². The molecule has 0 radical (unpaired) electrons. The standard InChI is InChI=1S/C20H17Cl2O4P/c21-15-20(23,16-11-13-17(22)14-12-16)27(24,25-18-7-3-1-4-8-18)26-19-9-5-2-6-10-19/h1-14,23H,15H2/t20-/m1/s1. The van der Waals surface area contributed by atoms with Crippen LogP contribution in [0.15, 0.2) is 84.9 Å². The van der Waals surface area contributed by atoms with Crippen molar-refractivity contribution in [1.29, 1.82) is 0 Å². The Kier molecular flexibility index (Phi) is 6.13. The van der Waals surface area contributed by atoms with Gasteiger partial charge < -0.3 is 14.2 Å². The van der Waals surface area contributed by atoms with Gasteiger partial charge in [0.05, 0.1) is 5.88 Å². The number of hydrogen-bond donors (Lipinski definition) is 1. The van der Waals surface area contributed by atoms with Crippen molar-refractivity contribution in [2.75, 3.05) is 5.88 Å². The third kappa shape index (κ3) is 4.31. The Morgan fingerprint density at radius 2 is 1.26 bits per heavy atom. The van der Waals surface area contributed by atoms with E-state index in [2.05, 4.69) is 0 Å². The smallest absolute Gasteiger partial charge is 0.414 e. The van der Waals surface area contributed by atoms with Crippen molar-refractivity contribution < 1.29 is 18.7 Å². The Morgan fingerprint density at radius 3 is 1.67 bits per heavy atom. The highest BCUT2D eigenvalue weighted by Crippen LogP contribution is 2.63. The lowest BCUT2D eigenvalue weighted by Gasteiger charge is -2.33. The average Bonchev–Trinajstić information content (AvgIpc) is 2.69. The summed E-state index contributed by atoms with van der Waals surface area (Å²) in [6.45, 7) is 0. The molecule has 0 saturated carbocycles. The van der Waals surface area contributed by atoms with E-state index >= 15 is 0 Å². The molecule has 1 N–H and O–H groups in total. The van der Waals surface area contributed by atoms with E-state index in [0.717, 1.165) is 0 Å². The molecule has 0 aliphatic rings. The highest BCUT2D eigenvalue weighted by atomic mass is 35.5. The summed E-state index contributed by atoms with van der Waals surface area (Å²) < 4.78 is 25.3. The first kappa shape index (κ1) is 19.8. The zero-order chi connectivity index (χ0) is 19.3. The highest BCUT2D eigenvalue weighted by molar-refractivity contribution is 7.55. The lowest BCUT2D eigenvalue weighted by atomic mass is 10.1. The van der Waals surface area contributed by atoms with E-state index in [1.807, 2.05) is 0 Å². The minimum Gasteiger partial charge on any atom is -0.414 e. The number of hydrogen-bond acceptors (Lipinski definition) is 4. The molecule has 0 aliphatic heterocycles. The largest absolute Gasteiger partial charge is 0.468 e. The maximum Gasteiger partial charge on any atom is 0.468 e. The summed E-state index contributed by atoms with van der Waals surface area (Å²) in [5.74, 6) is 0.162. The van der Waals surface area contributed by atoms with Crippen LogP contribution in [0.4, 0.5) is 0 Å². The first-order valence-corrected chi connectivity index (χ1v) is 10.6. The van der Waals surface area contributed by atoms with Gasteiger partial charge in [-0.1, -0.05) is 60.1 Å². The average molecular weight is 423 g/mol. The van der Waals surface area contributed by atoms with Gasteiger partial charge in [-0.25, -0.2) is 4.57 Å². The number of benzene rings is 3. The Morgan fingerprint density at radius 1 is 0.815 bits per heavy atom. The minimum absolute atomic E-state index is 0.275. The van der Waals surface area contributed by atoms with E-state index in [-0.39, 0.29) is 17.1 Å². The molecule has 27 heavy (non-hydrogen) atoms. The molecule has 3 rings (SSSR count). The summed E-state index contributed by atoms with van der Waals surface area (Å²) in [7, 11) is -4.24. The van der Waals surface area contributed by atoms with Gasteiger partial charge in [0.2, 0.25) is 5.34 Å². The van der Waals surface area contributed by atoms with Gasteiger partial charge in [0.1, 0.15) is 11.5 Å². The van der Waals surface area contributed by atoms with E-state index < -0.39 is 18.8 Å². The molecule has 0 bridgehead atoms. The molecule has 0 aliphatic carbocycles. The highest BCUT2D eigenvalue weighted by Gasteiger charge is 2.54. The van der Waals surface area contributed by atoms with Crippen LogP contribution in [0.3, 0.4) is 0 Å². The number of alkyl halides is 1. The molecule has 140 valence electrons. The fourth-order valence-corrected chi connectivity index (χ4v) is 4.90. The van der Waals surface area contributed by atoms with Crippen LogP contribution >= 0.6 is 30.8 Å². The molecule has 0 fully saturated rings. The first-order valence-electron chi connectivity index (χ1n) is 8.11. The van der Waals surface area contributed by atoms with Gasteiger partial charge in [-0.2, -0.15) is 0 Å². The zero-order valence-corrected chi connectivity index (χ0v) is 16.6. The number of para-hydroxylation sites is 2. The molecule has 0 heterocycles. The van der Waals surface area contributed by atoms with E-state index in [0.29, 0.717) is 5.02 Å². The molecular formula is C20H17Cl2O4P. The van der Waals surface area contributed by atoms with Gasteiger partial charge in [0, 0.05) is 5.02 Å². The Bertz CT molecular complexity index is 874. The van der Waals surface area contributed by atoms with Crippen molar-refractivity contribution in [3.8, 4) is 11.5 Å². The van der Waals surface area contributed by atoms with Crippen molar-refractivity contribution in [3.05, 3.63) is 95.5 Å². The Balaban J connectivity index is 2.08.